The van der Waals surface area contributed by atoms with E-state index in [-0.39, 0.29) is 5.91 Å². The minimum absolute atomic E-state index is 0.305. The summed E-state index contributed by atoms with van der Waals surface area (Å²) in [5.74, 6) is 0.139. The van der Waals surface area contributed by atoms with Gasteiger partial charge in [-0.05, 0) is 25.7 Å². The van der Waals surface area contributed by atoms with Gasteiger partial charge in [0.05, 0.1) is 11.9 Å². The van der Waals surface area contributed by atoms with Crippen molar-refractivity contribution < 1.29 is 9.32 Å². The smallest absolute Gasteiger partial charge is 0.277 e. The lowest BCUT2D eigenvalue weighted by Crippen LogP contribution is -2.14. The molecule has 1 N–H and O–H groups in total. The first-order chi connectivity index (χ1) is 11.3. The van der Waals surface area contributed by atoms with Gasteiger partial charge in [-0.25, -0.2) is 4.98 Å². The van der Waals surface area contributed by atoms with Gasteiger partial charge in [-0.1, -0.05) is 5.16 Å². The van der Waals surface area contributed by atoms with E-state index in [1.54, 1.807) is 24.0 Å². The Morgan fingerprint density at radius 3 is 3.04 bits per heavy atom. The first-order valence-corrected chi connectivity index (χ1v) is 8.20. The van der Waals surface area contributed by atoms with Gasteiger partial charge in [0, 0.05) is 23.3 Å². The summed E-state index contributed by atoms with van der Waals surface area (Å²) < 4.78 is 5.27. The quantitative estimate of drug-likeness (QED) is 0.795. The molecule has 0 fully saturated rings. The van der Waals surface area contributed by atoms with Crippen LogP contribution in [-0.4, -0.2) is 26.0 Å². The number of thiazole rings is 1. The van der Waals surface area contributed by atoms with Crippen LogP contribution in [0.2, 0.25) is 0 Å². The van der Waals surface area contributed by atoms with Crippen molar-refractivity contribution in [3.05, 3.63) is 40.9 Å². The van der Waals surface area contributed by atoms with Crippen LogP contribution >= 0.6 is 11.3 Å². The van der Waals surface area contributed by atoms with Crippen LogP contribution in [0.25, 0.3) is 10.7 Å². The molecule has 3 heterocycles. The van der Waals surface area contributed by atoms with E-state index in [2.05, 4.69) is 25.4 Å². The monoisotopic (exact) mass is 327 g/mol. The van der Waals surface area contributed by atoms with E-state index >= 15 is 0 Å². The Hall–Kier alpha value is -2.61. The maximum atomic E-state index is 12.4. The largest absolute Gasteiger partial charge is 0.338 e. The maximum absolute atomic E-state index is 12.4. The van der Waals surface area contributed by atoms with Gasteiger partial charge in [-0.3, -0.25) is 20.1 Å². The number of fused-ring (bicyclic) bond motifs is 1. The fourth-order valence-electron chi connectivity index (χ4n) is 2.56. The number of amides is 1. The number of nitrogens with zero attached hydrogens (tertiary/aromatic N) is 4. The molecule has 0 saturated carbocycles. The standard InChI is InChI=1S/C15H13N5O2S/c21-13(19-14-9-3-1-2-4-10(9)20-22-14)12-8-23-15(18-12)11-7-16-5-6-17-11/h5-8H,1-4H2,(H,19,21). The molecule has 1 amide bonds. The van der Waals surface area contributed by atoms with Crippen molar-refractivity contribution in [3.8, 4) is 10.7 Å². The number of nitrogens with one attached hydrogen (secondary N) is 1. The predicted molar refractivity (Wildman–Crippen MR) is 84.2 cm³/mol. The van der Waals surface area contributed by atoms with Gasteiger partial charge in [0.15, 0.2) is 0 Å². The lowest BCUT2D eigenvalue weighted by molar-refractivity contribution is 0.101. The van der Waals surface area contributed by atoms with Crippen molar-refractivity contribution in [1.82, 2.24) is 20.1 Å². The van der Waals surface area contributed by atoms with Crippen molar-refractivity contribution in [2.45, 2.75) is 25.7 Å². The zero-order chi connectivity index (χ0) is 15.6. The first-order valence-electron chi connectivity index (χ1n) is 7.32. The molecule has 0 unspecified atom stereocenters. The average molecular weight is 327 g/mol. The number of aromatic nitrogens is 4. The molecule has 8 heteroatoms. The minimum atomic E-state index is -0.305. The number of rotatable bonds is 3. The molecule has 0 atom stereocenters. The predicted octanol–water partition coefficient (Wildman–Crippen LogP) is 2.72. The van der Waals surface area contributed by atoms with Crippen LogP contribution in [0.5, 0.6) is 0 Å². The highest BCUT2D eigenvalue weighted by atomic mass is 32.1. The van der Waals surface area contributed by atoms with Gasteiger partial charge in [0.25, 0.3) is 5.91 Å². The molecule has 7 nitrogen and oxygen atoms in total. The van der Waals surface area contributed by atoms with Gasteiger partial charge < -0.3 is 4.52 Å². The topological polar surface area (TPSA) is 93.8 Å². The summed E-state index contributed by atoms with van der Waals surface area (Å²) in [7, 11) is 0. The van der Waals surface area contributed by atoms with Crippen molar-refractivity contribution in [3.63, 3.8) is 0 Å². The molecule has 0 bridgehead atoms. The van der Waals surface area contributed by atoms with E-state index in [1.165, 1.54) is 11.3 Å². The van der Waals surface area contributed by atoms with E-state index in [0.717, 1.165) is 36.9 Å². The number of carbonyl (C=O) groups is 1. The second-order valence-corrected chi connectivity index (χ2v) is 6.08. The summed E-state index contributed by atoms with van der Waals surface area (Å²) in [6.07, 6.45) is 8.80. The second kappa shape index (κ2) is 5.88. The highest BCUT2D eigenvalue weighted by molar-refractivity contribution is 7.13. The van der Waals surface area contributed by atoms with Crippen molar-refractivity contribution in [2.24, 2.45) is 0 Å². The SMILES string of the molecule is O=C(Nc1onc2c1CCCC2)c1csc(-c2cnccn2)n1. The van der Waals surface area contributed by atoms with Crippen LogP contribution in [0.3, 0.4) is 0 Å². The third-order valence-corrected chi connectivity index (χ3v) is 4.57. The normalized spacial score (nSPS) is 13.6. The number of anilines is 1. The average Bonchev–Trinajstić information content (AvgIpc) is 3.24. The van der Waals surface area contributed by atoms with E-state index in [0.29, 0.717) is 22.3 Å². The zero-order valence-electron chi connectivity index (χ0n) is 12.2. The van der Waals surface area contributed by atoms with E-state index < -0.39 is 0 Å². The van der Waals surface area contributed by atoms with Crippen LogP contribution in [-0.2, 0) is 12.8 Å². The third-order valence-electron chi connectivity index (χ3n) is 3.71. The van der Waals surface area contributed by atoms with Crippen LogP contribution in [0, 0.1) is 0 Å². The van der Waals surface area contributed by atoms with Gasteiger partial charge in [-0.15, -0.1) is 11.3 Å². The Bertz CT molecular complexity index is 843. The zero-order valence-corrected chi connectivity index (χ0v) is 13.0. The van der Waals surface area contributed by atoms with Crippen LogP contribution < -0.4 is 5.32 Å². The van der Waals surface area contributed by atoms with Crippen molar-refractivity contribution in [2.75, 3.05) is 5.32 Å². The third kappa shape index (κ3) is 2.72. The number of hydrogen-bond donors (Lipinski definition) is 1. The molecule has 3 aromatic heterocycles. The fraction of sp³-hybridized carbons (Fsp3) is 0.267. The highest BCUT2D eigenvalue weighted by Gasteiger charge is 2.22. The molecule has 0 aliphatic heterocycles. The van der Waals surface area contributed by atoms with Crippen molar-refractivity contribution >= 4 is 23.1 Å². The summed E-state index contributed by atoms with van der Waals surface area (Å²) in [5.41, 5.74) is 2.93. The molecule has 4 rings (SSSR count). The van der Waals surface area contributed by atoms with E-state index in [4.69, 9.17) is 4.52 Å². The second-order valence-electron chi connectivity index (χ2n) is 5.23. The minimum Gasteiger partial charge on any atom is -0.338 e. The molecule has 0 saturated heterocycles. The highest BCUT2D eigenvalue weighted by Crippen LogP contribution is 2.28. The lowest BCUT2D eigenvalue weighted by atomic mass is 9.98. The molecule has 0 radical (unpaired) electrons. The van der Waals surface area contributed by atoms with Crippen LogP contribution in [0.4, 0.5) is 5.88 Å². The van der Waals surface area contributed by atoms with Gasteiger partial charge in [-0.2, -0.15) is 0 Å². The van der Waals surface area contributed by atoms with Gasteiger partial charge in [0.2, 0.25) is 5.88 Å². The summed E-state index contributed by atoms with van der Waals surface area (Å²) in [6, 6.07) is 0. The molecular formula is C15H13N5O2S. The van der Waals surface area contributed by atoms with Crippen LogP contribution in [0.15, 0.2) is 28.5 Å². The Morgan fingerprint density at radius 2 is 2.17 bits per heavy atom. The Labute approximate surface area is 135 Å². The number of aryl methyl sites for hydroxylation is 1. The number of hydrogen-bond acceptors (Lipinski definition) is 7. The lowest BCUT2D eigenvalue weighted by Gasteiger charge is -2.09. The molecule has 0 spiro atoms. The molecule has 1 aliphatic carbocycles. The Morgan fingerprint density at radius 1 is 1.26 bits per heavy atom. The molecule has 1 aliphatic rings. The first kappa shape index (κ1) is 14.0. The van der Waals surface area contributed by atoms with Crippen molar-refractivity contribution in [1.29, 1.82) is 0 Å². The molecule has 0 aromatic carbocycles. The fourth-order valence-corrected chi connectivity index (χ4v) is 3.32. The molecule has 116 valence electrons. The summed E-state index contributed by atoms with van der Waals surface area (Å²) in [6.45, 7) is 0. The summed E-state index contributed by atoms with van der Waals surface area (Å²) >= 11 is 1.35. The molecular weight excluding hydrogens is 314 g/mol. The van der Waals surface area contributed by atoms with Crippen LogP contribution in [0.1, 0.15) is 34.6 Å². The Balaban J connectivity index is 1.54. The van der Waals surface area contributed by atoms with Gasteiger partial charge in [0.1, 0.15) is 16.4 Å². The summed E-state index contributed by atoms with van der Waals surface area (Å²) in [5, 5.41) is 9.15. The number of carbonyl (C=O) groups excluding carboxylic acids is 1. The van der Waals surface area contributed by atoms with Gasteiger partial charge >= 0.3 is 0 Å². The summed E-state index contributed by atoms with van der Waals surface area (Å²) in [4.78, 5) is 24.9. The maximum Gasteiger partial charge on any atom is 0.277 e. The molecule has 3 aromatic rings. The molecule has 23 heavy (non-hydrogen) atoms. The van der Waals surface area contributed by atoms with E-state index in [9.17, 15) is 4.79 Å². The van der Waals surface area contributed by atoms with E-state index in [1.807, 2.05) is 0 Å². The Kier molecular flexibility index (Phi) is 3.58.